The zero-order valence-electron chi connectivity index (χ0n) is 7.66. The van der Waals surface area contributed by atoms with Gasteiger partial charge in [-0.1, -0.05) is 18.2 Å². The highest BCUT2D eigenvalue weighted by atomic mass is 16.2. The number of amides is 1. The summed E-state index contributed by atoms with van der Waals surface area (Å²) in [5, 5.41) is 0. The second-order valence-electron chi connectivity index (χ2n) is 2.86. The van der Waals surface area contributed by atoms with Crippen molar-refractivity contribution in [3.05, 3.63) is 29.8 Å². The average molecular weight is 163 g/mol. The van der Waals surface area contributed by atoms with Crippen LogP contribution in [-0.4, -0.2) is 13.0 Å². The molecule has 0 aliphatic heterocycles. The highest BCUT2D eigenvalue weighted by Gasteiger charge is 2.06. The molecule has 1 aromatic carbocycles. The van der Waals surface area contributed by atoms with E-state index in [0.29, 0.717) is 0 Å². The summed E-state index contributed by atoms with van der Waals surface area (Å²) < 4.78 is 0. The van der Waals surface area contributed by atoms with Crippen LogP contribution < -0.4 is 4.90 Å². The Morgan fingerprint density at radius 3 is 2.42 bits per heavy atom. The summed E-state index contributed by atoms with van der Waals surface area (Å²) in [4.78, 5) is 12.7. The Kier molecular flexibility index (Phi) is 2.48. The van der Waals surface area contributed by atoms with Crippen LogP contribution >= 0.6 is 0 Å². The topological polar surface area (TPSA) is 20.3 Å². The molecule has 0 aromatic heterocycles. The van der Waals surface area contributed by atoms with E-state index < -0.39 is 0 Å². The van der Waals surface area contributed by atoms with E-state index in [9.17, 15) is 4.79 Å². The van der Waals surface area contributed by atoms with E-state index in [1.807, 2.05) is 31.2 Å². The summed E-state index contributed by atoms with van der Waals surface area (Å²) in [6.07, 6.45) is 0. The molecule has 1 amide bonds. The van der Waals surface area contributed by atoms with Gasteiger partial charge in [0.05, 0.1) is 0 Å². The monoisotopic (exact) mass is 163 g/mol. The maximum Gasteiger partial charge on any atom is 0.223 e. The maximum atomic E-state index is 11.0. The van der Waals surface area contributed by atoms with Gasteiger partial charge in [0.2, 0.25) is 5.91 Å². The number of anilines is 1. The van der Waals surface area contributed by atoms with Crippen LogP contribution in [0.2, 0.25) is 0 Å². The van der Waals surface area contributed by atoms with Crippen molar-refractivity contribution in [2.75, 3.05) is 11.9 Å². The van der Waals surface area contributed by atoms with Crippen molar-refractivity contribution < 1.29 is 4.79 Å². The van der Waals surface area contributed by atoms with E-state index in [0.717, 1.165) is 11.3 Å². The van der Waals surface area contributed by atoms with Crippen LogP contribution in [0, 0.1) is 6.92 Å². The van der Waals surface area contributed by atoms with Crippen LogP contribution in [0.15, 0.2) is 24.3 Å². The van der Waals surface area contributed by atoms with Gasteiger partial charge in [0.1, 0.15) is 0 Å². The molecule has 0 N–H and O–H groups in total. The van der Waals surface area contributed by atoms with Crippen molar-refractivity contribution >= 4 is 11.6 Å². The lowest BCUT2D eigenvalue weighted by molar-refractivity contribution is -0.116. The molecular weight excluding hydrogens is 150 g/mol. The van der Waals surface area contributed by atoms with Crippen LogP contribution in [0.4, 0.5) is 5.69 Å². The zero-order valence-corrected chi connectivity index (χ0v) is 7.66. The first-order valence-electron chi connectivity index (χ1n) is 3.93. The van der Waals surface area contributed by atoms with Gasteiger partial charge in [-0.25, -0.2) is 0 Å². The third kappa shape index (κ3) is 1.64. The SMILES string of the molecule is CC(=O)N(C)c1ccccc1C. The van der Waals surface area contributed by atoms with Gasteiger partial charge in [0.15, 0.2) is 0 Å². The number of para-hydroxylation sites is 1. The fourth-order valence-electron chi connectivity index (χ4n) is 1.11. The Hall–Kier alpha value is -1.31. The number of rotatable bonds is 1. The minimum absolute atomic E-state index is 0.0595. The zero-order chi connectivity index (χ0) is 9.14. The number of carbonyl (C=O) groups is 1. The summed E-state index contributed by atoms with van der Waals surface area (Å²) in [5.41, 5.74) is 2.10. The number of nitrogens with zero attached hydrogens (tertiary/aromatic N) is 1. The number of aryl methyl sites for hydroxylation is 1. The third-order valence-electron chi connectivity index (χ3n) is 1.95. The molecule has 0 unspecified atom stereocenters. The quantitative estimate of drug-likeness (QED) is 0.620. The molecule has 2 nitrogen and oxygen atoms in total. The second kappa shape index (κ2) is 3.39. The Morgan fingerprint density at radius 2 is 1.92 bits per heavy atom. The van der Waals surface area contributed by atoms with Crippen molar-refractivity contribution in [1.29, 1.82) is 0 Å². The average Bonchev–Trinajstić information content (AvgIpc) is 2.04. The van der Waals surface area contributed by atoms with Gasteiger partial charge in [-0.05, 0) is 18.6 Å². The Balaban J connectivity index is 3.02. The molecular formula is C10H13NO. The minimum Gasteiger partial charge on any atom is -0.315 e. The first kappa shape index (κ1) is 8.78. The number of carbonyl (C=O) groups excluding carboxylic acids is 1. The van der Waals surface area contributed by atoms with Crippen molar-refractivity contribution in [3.63, 3.8) is 0 Å². The summed E-state index contributed by atoms with van der Waals surface area (Å²) in [5.74, 6) is 0.0595. The van der Waals surface area contributed by atoms with Gasteiger partial charge in [-0.3, -0.25) is 4.79 Å². The molecule has 0 heterocycles. The Bertz CT molecular complexity index is 294. The molecule has 0 aliphatic carbocycles. The van der Waals surface area contributed by atoms with Gasteiger partial charge in [0.25, 0.3) is 0 Å². The van der Waals surface area contributed by atoms with Gasteiger partial charge < -0.3 is 4.90 Å². The van der Waals surface area contributed by atoms with Crippen molar-refractivity contribution in [3.8, 4) is 0 Å². The lowest BCUT2D eigenvalue weighted by Crippen LogP contribution is -2.23. The predicted molar refractivity (Wildman–Crippen MR) is 50.3 cm³/mol. The van der Waals surface area contributed by atoms with Crippen LogP contribution in [0.5, 0.6) is 0 Å². The fourth-order valence-corrected chi connectivity index (χ4v) is 1.11. The van der Waals surface area contributed by atoms with E-state index >= 15 is 0 Å². The molecule has 0 aliphatic rings. The van der Waals surface area contributed by atoms with Crippen LogP contribution in [0.1, 0.15) is 12.5 Å². The van der Waals surface area contributed by atoms with Crippen LogP contribution in [0.3, 0.4) is 0 Å². The summed E-state index contributed by atoms with van der Waals surface area (Å²) in [6.45, 7) is 3.56. The van der Waals surface area contributed by atoms with E-state index in [1.54, 1.807) is 18.9 Å². The van der Waals surface area contributed by atoms with Crippen LogP contribution in [-0.2, 0) is 4.79 Å². The van der Waals surface area contributed by atoms with Crippen molar-refractivity contribution in [2.45, 2.75) is 13.8 Å². The van der Waals surface area contributed by atoms with E-state index in [1.165, 1.54) is 0 Å². The van der Waals surface area contributed by atoms with E-state index in [2.05, 4.69) is 0 Å². The first-order chi connectivity index (χ1) is 5.63. The summed E-state index contributed by atoms with van der Waals surface area (Å²) in [6, 6.07) is 7.83. The second-order valence-corrected chi connectivity index (χ2v) is 2.86. The number of hydrogen-bond donors (Lipinski definition) is 0. The smallest absolute Gasteiger partial charge is 0.223 e. The summed E-state index contributed by atoms with van der Waals surface area (Å²) in [7, 11) is 1.78. The molecule has 2 heteroatoms. The molecule has 1 aromatic rings. The molecule has 0 radical (unpaired) electrons. The van der Waals surface area contributed by atoms with Gasteiger partial charge >= 0.3 is 0 Å². The van der Waals surface area contributed by atoms with Crippen LogP contribution in [0.25, 0.3) is 0 Å². The molecule has 0 saturated carbocycles. The van der Waals surface area contributed by atoms with E-state index in [-0.39, 0.29) is 5.91 Å². The predicted octanol–water partition coefficient (Wildman–Crippen LogP) is 1.98. The molecule has 0 atom stereocenters. The van der Waals surface area contributed by atoms with Crippen molar-refractivity contribution in [1.82, 2.24) is 0 Å². The largest absolute Gasteiger partial charge is 0.315 e. The van der Waals surface area contributed by atoms with E-state index in [4.69, 9.17) is 0 Å². The molecule has 0 saturated heterocycles. The maximum absolute atomic E-state index is 11.0. The van der Waals surface area contributed by atoms with Gasteiger partial charge in [-0.15, -0.1) is 0 Å². The molecule has 0 fully saturated rings. The lowest BCUT2D eigenvalue weighted by Gasteiger charge is -2.16. The minimum atomic E-state index is 0.0595. The Labute approximate surface area is 72.8 Å². The van der Waals surface area contributed by atoms with Gasteiger partial charge in [0, 0.05) is 19.7 Å². The standard InChI is InChI=1S/C10H13NO/c1-8-6-4-5-7-10(8)11(3)9(2)12/h4-7H,1-3H3. The Morgan fingerprint density at radius 1 is 1.33 bits per heavy atom. The first-order valence-corrected chi connectivity index (χ1v) is 3.93. The molecule has 0 bridgehead atoms. The molecule has 64 valence electrons. The fraction of sp³-hybridized carbons (Fsp3) is 0.300. The molecule has 12 heavy (non-hydrogen) atoms. The summed E-state index contributed by atoms with van der Waals surface area (Å²) >= 11 is 0. The highest BCUT2D eigenvalue weighted by Crippen LogP contribution is 2.17. The molecule has 0 spiro atoms. The van der Waals surface area contributed by atoms with Crippen molar-refractivity contribution in [2.24, 2.45) is 0 Å². The number of benzene rings is 1. The normalized spacial score (nSPS) is 9.58. The van der Waals surface area contributed by atoms with Gasteiger partial charge in [-0.2, -0.15) is 0 Å². The molecule has 1 rings (SSSR count). The lowest BCUT2D eigenvalue weighted by atomic mass is 10.2. The highest BCUT2D eigenvalue weighted by molar-refractivity contribution is 5.91. The number of hydrogen-bond acceptors (Lipinski definition) is 1. The third-order valence-corrected chi connectivity index (χ3v) is 1.95.